The van der Waals surface area contributed by atoms with Gasteiger partial charge in [0.1, 0.15) is 0 Å². The molecule has 2 aliphatic rings. The van der Waals surface area contributed by atoms with Crippen LogP contribution in [0.2, 0.25) is 0 Å². The molecule has 0 N–H and O–H groups in total. The molecule has 4 heteroatoms. The minimum atomic E-state index is 0.790. The van der Waals surface area contributed by atoms with Crippen molar-refractivity contribution in [1.29, 1.82) is 0 Å². The Morgan fingerprint density at radius 1 is 0.963 bits per heavy atom. The molecule has 1 aromatic carbocycles. The van der Waals surface area contributed by atoms with Crippen LogP contribution in [-0.4, -0.2) is 81.2 Å². The van der Waals surface area contributed by atoms with Crippen molar-refractivity contribution < 1.29 is 0 Å². The molecule has 4 nitrogen and oxygen atoms in total. The maximum Gasteiger partial charge on any atom is 0.0367 e. The molecular weight excluding hydrogens is 332 g/mol. The zero-order valence-electron chi connectivity index (χ0n) is 18.0. The zero-order chi connectivity index (χ0) is 19.2. The second-order valence-electron chi connectivity index (χ2n) is 9.29. The predicted molar refractivity (Wildman–Crippen MR) is 116 cm³/mol. The largest absolute Gasteiger partial charge is 0.369 e. The van der Waals surface area contributed by atoms with E-state index in [1.54, 1.807) is 0 Å². The van der Waals surface area contributed by atoms with Crippen molar-refractivity contribution in [3.05, 3.63) is 29.8 Å². The summed E-state index contributed by atoms with van der Waals surface area (Å²) in [6.45, 7) is 15.4. The molecule has 27 heavy (non-hydrogen) atoms. The Labute approximate surface area is 167 Å². The van der Waals surface area contributed by atoms with Crippen LogP contribution in [0.1, 0.15) is 32.3 Å². The lowest BCUT2D eigenvalue weighted by Gasteiger charge is -2.35. The second kappa shape index (κ2) is 9.90. The minimum Gasteiger partial charge on any atom is -0.369 e. The summed E-state index contributed by atoms with van der Waals surface area (Å²) in [5.74, 6) is 1.65. The summed E-state index contributed by atoms with van der Waals surface area (Å²) in [4.78, 5) is 10.1. The van der Waals surface area contributed by atoms with Gasteiger partial charge in [0.25, 0.3) is 0 Å². The standard InChI is InChI=1S/C23H40N4/c1-20(2)17-26-11-9-22(10-12-26)19-25(4)18-21-5-7-23(8-6-21)27-15-13-24(3)14-16-27/h5-8,20,22H,9-19H2,1-4H3. The molecule has 2 saturated heterocycles. The molecule has 0 aromatic heterocycles. The topological polar surface area (TPSA) is 13.0 Å². The van der Waals surface area contributed by atoms with E-state index in [-0.39, 0.29) is 0 Å². The van der Waals surface area contributed by atoms with E-state index in [1.807, 2.05) is 0 Å². The molecule has 0 bridgehead atoms. The molecule has 0 spiro atoms. The molecule has 0 aliphatic carbocycles. The molecule has 2 heterocycles. The van der Waals surface area contributed by atoms with E-state index < -0.39 is 0 Å². The van der Waals surface area contributed by atoms with E-state index in [4.69, 9.17) is 0 Å². The lowest BCUT2D eigenvalue weighted by Crippen LogP contribution is -2.44. The Hall–Kier alpha value is -1.10. The van der Waals surface area contributed by atoms with Gasteiger partial charge in [-0.15, -0.1) is 0 Å². The summed E-state index contributed by atoms with van der Waals surface area (Å²) in [5.41, 5.74) is 2.82. The van der Waals surface area contributed by atoms with E-state index in [1.165, 1.54) is 63.4 Å². The molecule has 3 rings (SSSR count). The zero-order valence-corrected chi connectivity index (χ0v) is 18.0. The number of piperidine rings is 1. The van der Waals surface area contributed by atoms with Gasteiger partial charge in [0, 0.05) is 51.5 Å². The third-order valence-corrected chi connectivity index (χ3v) is 6.16. The van der Waals surface area contributed by atoms with Gasteiger partial charge in [-0.1, -0.05) is 26.0 Å². The van der Waals surface area contributed by atoms with Crippen LogP contribution < -0.4 is 4.90 Å². The number of rotatable bonds is 7. The Morgan fingerprint density at radius 3 is 2.19 bits per heavy atom. The van der Waals surface area contributed by atoms with Crippen molar-refractivity contribution in [3.8, 4) is 0 Å². The average Bonchev–Trinajstić information content (AvgIpc) is 2.64. The summed E-state index contributed by atoms with van der Waals surface area (Å²) >= 11 is 0. The fourth-order valence-electron chi connectivity index (χ4n) is 4.56. The molecule has 0 atom stereocenters. The number of benzene rings is 1. The predicted octanol–water partition coefficient (Wildman–Crippen LogP) is 3.24. The van der Waals surface area contributed by atoms with E-state index in [0.29, 0.717) is 0 Å². The first-order chi connectivity index (χ1) is 13.0. The van der Waals surface area contributed by atoms with Crippen molar-refractivity contribution in [2.24, 2.45) is 11.8 Å². The van der Waals surface area contributed by atoms with Crippen LogP contribution in [0.15, 0.2) is 24.3 Å². The number of likely N-dealkylation sites (N-methyl/N-ethyl adjacent to an activating group) is 1. The van der Waals surface area contributed by atoms with Crippen molar-refractivity contribution >= 4 is 5.69 Å². The first-order valence-corrected chi connectivity index (χ1v) is 10.9. The van der Waals surface area contributed by atoms with Crippen molar-refractivity contribution in [3.63, 3.8) is 0 Å². The first-order valence-electron chi connectivity index (χ1n) is 10.9. The molecule has 152 valence electrons. The summed E-state index contributed by atoms with van der Waals surface area (Å²) < 4.78 is 0. The highest BCUT2D eigenvalue weighted by molar-refractivity contribution is 5.48. The Kier molecular flexibility index (Phi) is 7.57. The highest BCUT2D eigenvalue weighted by Gasteiger charge is 2.21. The van der Waals surface area contributed by atoms with E-state index >= 15 is 0 Å². The fraction of sp³-hybridized carbons (Fsp3) is 0.739. The van der Waals surface area contributed by atoms with E-state index in [9.17, 15) is 0 Å². The number of piperazine rings is 1. The molecule has 1 aromatic rings. The third-order valence-electron chi connectivity index (χ3n) is 6.16. The minimum absolute atomic E-state index is 0.790. The first kappa shape index (κ1) is 20.6. The van der Waals surface area contributed by atoms with Crippen LogP contribution in [0, 0.1) is 11.8 Å². The number of hydrogen-bond donors (Lipinski definition) is 0. The van der Waals surface area contributed by atoms with Crippen LogP contribution >= 0.6 is 0 Å². The van der Waals surface area contributed by atoms with E-state index in [2.05, 4.69) is 71.8 Å². The van der Waals surface area contributed by atoms with Crippen molar-refractivity contribution in [1.82, 2.24) is 14.7 Å². The maximum atomic E-state index is 2.65. The smallest absolute Gasteiger partial charge is 0.0367 e. The number of nitrogens with zero attached hydrogens (tertiary/aromatic N) is 4. The number of hydrogen-bond acceptors (Lipinski definition) is 4. The second-order valence-corrected chi connectivity index (χ2v) is 9.29. The van der Waals surface area contributed by atoms with Gasteiger partial charge >= 0.3 is 0 Å². The van der Waals surface area contributed by atoms with Gasteiger partial charge < -0.3 is 19.6 Å². The summed E-state index contributed by atoms with van der Waals surface area (Å²) in [6, 6.07) is 9.29. The normalized spacial score (nSPS) is 20.7. The molecule has 0 unspecified atom stereocenters. The van der Waals surface area contributed by atoms with Crippen LogP contribution in [0.4, 0.5) is 5.69 Å². The van der Waals surface area contributed by atoms with Crippen LogP contribution in [0.25, 0.3) is 0 Å². The lowest BCUT2D eigenvalue weighted by atomic mass is 9.95. The SMILES string of the molecule is CC(C)CN1CCC(CN(C)Cc2ccc(N3CCN(C)CC3)cc2)CC1. The molecule has 2 fully saturated rings. The average molecular weight is 373 g/mol. The van der Waals surface area contributed by atoms with Crippen LogP contribution in [0.5, 0.6) is 0 Å². The van der Waals surface area contributed by atoms with Gasteiger partial charge in [0.05, 0.1) is 0 Å². The maximum absolute atomic E-state index is 2.65. The summed E-state index contributed by atoms with van der Waals surface area (Å²) in [7, 11) is 4.50. The van der Waals surface area contributed by atoms with Crippen molar-refractivity contribution in [2.75, 3.05) is 71.4 Å². The van der Waals surface area contributed by atoms with Gasteiger partial charge in [-0.05, 0) is 69.6 Å². The quantitative estimate of drug-likeness (QED) is 0.728. The molecule has 0 saturated carbocycles. The highest BCUT2D eigenvalue weighted by atomic mass is 15.2. The van der Waals surface area contributed by atoms with Gasteiger partial charge in [0.15, 0.2) is 0 Å². The van der Waals surface area contributed by atoms with Crippen molar-refractivity contribution in [2.45, 2.75) is 33.2 Å². The molecule has 2 aliphatic heterocycles. The Morgan fingerprint density at radius 2 is 1.59 bits per heavy atom. The molecular formula is C23H40N4. The molecule has 0 amide bonds. The molecule has 0 radical (unpaired) electrons. The lowest BCUT2D eigenvalue weighted by molar-refractivity contribution is 0.141. The van der Waals surface area contributed by atoms with Gasteiger partial charge in [-0.3, -0.25) is 0 Å². The van der Waals surface area contributed by atoms with E-state index in [0.717, 1.165) is 31.5 Å². The monoisotopic (exact) mass is 372 g/mol. The summed E-state index contributed by atoms with van der Waals surface area (Å²) in [6.07, 6.45) is 2.72. The number of anilines is 1. The number of likely N-dealkylation sites (tertiary alicyclic amines) is 1. The van der Waals surface area contributed by atoms with Gasteiger partial charge in [-0.25, -0.2) is 0 Å². The van der Waals surface area contributed by atoms with Crippen LogP contribution in [-0.2, 0) is 6.54 Å². The highest BCUT2D eigenvalue weighted by Crippen LogP contribution is 2.21. The fourth-order valence-corrected chi connectivity index (χ4v) is 4.56. The Bertz CT molecular complexity index is 540. The van der Waals surface area contributed by atoms with Crippen LogP contribution in [0.3, 0.4) is 0 Å². The third kappa shape index (κ3) is 6.48. The van der Waals surface area contributed by atoms with Gasteiger partial charge in [-0.2, -0.15) is 0 Å². The Balaban J connectivity index is 1.41. The van der Waals surface area contributed by atoms with Gasteiger partial charge in [0.2, 0.25) is 0 Å². The summed E-state index contributed by atoms with van der Waals surface area (Å²) in [5, 5.41) is 0.